The van der Waals surface area contributed by atoms with Gasteiger partial charge in [0, 0.05) is 52.4 Å². The van der Waals surface area contributed by atoms with Crippen LogP contribution in [0.5, 0.6) is 0 Å². The van der Waals surface area contributed by atoms with Crippen molar-refractivity contribution >= 4 is 27.9 Å². The fraction of sp³-hybridized carbons (Fsp3) is 0.737. The predicted molar refractivity (Wildman–Crippen MR) is 108 cm³/mol. The van der Waals surface area contributed by atoms with Crippen molar-refractivity contribution in [3.05, 3.63) is 12.2 Å². The van der Waals surface area contributed by atoms with Crippen LogP contribution < -0.4 is 0 Å². The van der Waals surface area contributed by atoms with Crippen molar-refractivity contribution in [2.75, 3.05) is 66.0 Å². The summed E-state index contributed by atoms with van der Waals surface area (Å²) in [5, 5.41) is 0. The maximum absolute atomic E-state index is 12.9. The normalized spacial score (nSPS) is 29.5. The molecule has 0 aromatic heterocycles. The zero-order chi connectivity index (χ0) is 21.5. The van der Waals surface area contributed by atoms with Crippen LogP contribution in [-0.2, 0) is 24.6 Å². The van der Waals surface area contributed by atoms with Gasteiger partial charge in [0.1, 0.15) is 6.54 Å². The van der Waals surface area contributed by atoms with E-state index < -0.39 is 10.2 Å². The zero-order valence-electron chi connectivity index (χ0n) is 17.3. The maximum Gasteiger partial charge on any atom is 0.282 e. The first-order valence-electron chi connectivity index (χ1n) is 10.5. The van der Waals surface area contributed by atoms with Crippen LogP contribution in [0.1, 0.15) is 12.8 Å². The molecule has 4 rings (SSSR count). The van der Waals surface area contributed by atoms with Crippen LogP contribution in [-0.4, -0.2) is 115 Å². The second kappa shape index (κ2) is 8.37. The highest BCUT2D eigenvalue weighted by Gasteiger charge is 2.48. The Hall–Kier alpha value is -1.82. The fourth-order valence-corrected chi connectivity index (χ4v) is 6.19. The lowest BCUT2D eigenvalue weighted by molar-refractivity contribution is -0.147. The lowest BCUT2D eigenvalue weighted by Crippen LogP contribution is -2.58. The van der Waals surface area contributed by atoms with E-state index in [9.17, 15) is 22.8 Å². The molecule has 11 heteroatoms. The molecule has 3 amide bonds. The van der Waals surface area contributed by atoms with Crippen LogP contribution in [0.3, 0.4) is 0 Å². The number of rotatable bonds is 4. The summed E-state index contributed by atoms with van der Waals surface area (Å²) in [4.78, 5) is 42.6. The van der Waals surface area contributed by atoms with Crippen LogP contribution >= 0.6 is 0 Å². The van der Waals surface area contributed by atoms with Gasteiger partial charge in [0.15, 0.2) is 0 Å². The first-order valence-corrected chi connectivity index (χ1v) is 11.9. The van der Waals surface area contributed by atoms with Gasteiger partial charge in [-0.2, -0.15) is 17.0 Å². The molecular formula is C19H29N5O5S. The Bertz CT molecular complexity index is 817. The van der Waals surface area contributed by atoms with Gasteiger partial charge in [-0.3, -0.25) is 19.3 Å². The molecule has 3 aliphatic heterocycles. The van der Waals surface area contributed by atoms with Crippen LogP contribution in [0.15, 0.2) is 12.2 Å². The van der Waals surface area contributed by atoms with Gasteiger partial charge in [-0.05, 0) is 19.9 Å². The van der Waals surface area contributed by atoms with Crippen LogP contribution in [0.4, 0.5) is 0 Å². The summed E-state index contributed by atoms with van der Waals surface area (Å²) in [6, 6.07) is 0. The average Bonchev–Trinajstić information content (AvgIpc) is 2.99. The van der Waals surface area contributed by atoms with Gasteiger partial charge >= 0.3 is 0 Å². The topological polar surface area (TPSA) is 102 Å². The van der Waals surface area contributed by atoms with Crippen molar-refractivity contribution in [2.45, 2.75) is 12.8 Å². The summed E-state index contributed by atoms with van der Waals surface area (Å²) in [5.74, 6) is -1.53. The Morgan fingerprint density at radius 2 is 1.33 bits per heavy atom. The highest BCUT2D eigenvalue weighted by Crippen LogP contribution is 2.34. The van der Waals surface area contributed by atoms with Gasteiger partial charge in [-0.1, -0.05) is 12.2 Å². The number of fused-ring (bicyclic) bond motifs is 1. The van der Waals surface area contributed by atoms with Crippen molar-refractivity contribution in [1.82, 2.24) is 23.3 Å². The number of hydrogen-bond acceptors (Lipinski definition) is 6. The van der Waals surface area contributed by atoms with Gasteiger partial charge in [0.2, 0.25) is 17.7 Å². The number of amides is 3. The van der Waals surface area contributed by atoms with Crippen molar-refractivity contribution in [1.29, 1.82) is 0 Å². The standard InChI is InChI=1S/C19H29N5O5S/c1-20-6-10-22(11-7-20)30(28,29)23-12-8-21(9-13-23)17(25)14-24-18(26)15-4-2-3-5-16(15)19(24)27/h2-3,15-16H,4-14H2,1H3. The molecule has 0 spiro atoms. The number of carbonyl (C=O) groups is 3. The highest BCUT2D eigenvalue weighted by molar-refractivity contribution is 7.86. The lowest BCUT2D eigenvalue weighted by Gasteiger charge is -2.39. The number of likely N-dealkylation sites (N-methyl/N-ethyl adjacent to an activating group) is 1. The van der Waals surface area contributed by atoms with Gasteiger partial charge in [0.05, 0.1) is 11.8 Å². The van der Waals surface area contributed by atoms with Crippen LogP contribution in [0.25, 0.3) is 0 Å². The molecular weight excluding hydrogens is 410 g/mol. The molecule has 3 saturated heterocycles. The number of likely N-dealkylation sites (tertiary alicyclic amines) is 1. The Balaban J connectivity index is 1.31. The first kappa shape index (κ1) is 21.4. The van der Waals surface area contributed by atoms with E-state index in [1.54, 1.807) is 4.90 Å². The van der Waals surface area contributed by atoms with E-state index in [2.05, 4.69) is 4.90 Å². The Morgan fingerprint density at radius 1 is 0.867 bits per heavy atom. The summed E-state index contributed by atoms with van der Waals surface area (Å²) >= 11 is 0. The molecule has 0 aromatic rings. The number of allylic oxidation sites excluding steroid dienone is 2. The highest BCUT2D eigenvalue weighted by atomic mass is 32.2. The zero-order valence-corrected chi connectivity index (χ0v) is 18.1. The van der Waals surface area contributed by atoms with Crippen molar-refractivity contribution in [3.63, 3.8) is 0 Å². The quantitative estimate of drug-likeness (QED) is 0.393. The van der Waals surface area contributed by atoms with E-state index in [0.29, 0.717) is 39.0 Å². The fourth-order valence-electron chi connectivity index (χ4n) is 4.61. The third kappa shape index (κ3) is 3.91. The monoisotopic (exact) mass is 439 g/mol. The second-order valence-electron chi connectivity index (χ2n) is 8.41. The number of carbonyl (C=O) groups excluding carboxylic acids is 3. The minimum absolute atomic E-state index is 0.220. The molecule has 0 bridgehead atoms. The third-order valence-corrected chi connectivity index (χ3v) is 8.63. The minimum atomic E-state index is -3.54. The van der Waals surface area contributed by atoms with Crippen molar-refractivity contribution in [2.24, 2.45) is 11.8 Å². The smallest absolute Gasteiger partial charge is 0.282 e. The number of hydrogen-bond donors (Lipinski definition) is 0. The Labute approximate surface area is 177 Å². The van der Waals surface area contributed by atoms with Gasteiger partial charge < -0.3 is 9.80 Å². The summed E-state index contributed by atoms with van der Waals surface area (Å²) < 4.78 is 28.6. The van der Waals surface area contributed by atoms with Gasteiger partial charge in [-0.25, -0.2) is 0 Å². The van der Waals surface area contributed by atoms with Crippen LogP contribution in [0.2, 0.25) is 0 Å². The third-order valence-electron chi connectivity index (χ3n) is 6.60. The van der Waals surface area contributed by atoms with E-state index in [4.69, 9.17) is 0 Å². The second-order valence-corrected chi connectivity index (χ2v) is 10.3. The summed E-state index contributed by atoms with van der Waals surface area (Å²) in [6.07, 6.45) is 4.92. The van der Waals surface area contributed by atoms with E-state index in [1.807, 2.05) is 19.2 Å². The van der Waals surface area contributed by atoms with E-state index >= 15 is 0 Å². The molecule has 2 atom stereocenters. The molecule has 4 aliphatic rings. The molecule has 0 saturated carbocycles. The van der Waals surface area contributed by atoms with E-state index in [0.717, 1.165) is 4.90 Å². The molecule has 0 N–H and O–H groups in total. The number of nitrogens with zero attached hydrogens (tertiary/aromatic N) is 5. The molecule has 30 heavy (non-hydrogen) atoms. The Kier molecular flexibility index (Phi) is 5.97. The number of piperazine rings is 2. The van der Waals surface area contributed by atoms with Crippen LogP contribution in [0, 0.1) is 11.8 Å². The van der Waals surface area contributed by atoms with Gasteiger partial charge in [0.25, 0.3) is 10.2 Å². The number of imide groups is 1. The summed E-state index contributed by atoms with van der Waals surface area (Å²) in [6.45, 7) is 3.04. The van der Waals surface area contributed by atoms with E-state index in [1.165, 1.54) is 8.61 Å². The molecule has 166 valence electrons. The predicted octanol–water partition coefficient (Wildman–Crippen LogP) is -1.43. The van der Waals surface area contributed by atoms with E-state index in [-0.39, 0.29) is 62.3 Å². The molecule has 0 radical (unpaired) electrons. The lowest BCUT2D eigenvalue weighted by atomic mass is 9.85. The van der Waals surface area contributed by atoms with Gasteiger partial charge in [-0.15, -0.1) is 0 Å². The Morgan fingerprint density at radius 3 is 1.83 bits per heavy atom. The molecule has 0 aromatic carbocycles. The minimum Gasteiger partial charge on any atom is -0.338 e. The van der Waals surface area contributed by atoms with Crippen molar-refractivity contribution in [3.8, 4) is 0 Å². The summed E-state index contributed by atoms with van der Waals surface area (Å²) in [7, 11) is -1.57. The SMILES string of the molecule is CN1CCN(S(=O)(=O)N2CCN(C(=O)CN3C(=O)C4CC=CCC4C3=O)CC2)CC1. The largest absolute Gasteiger partial charge is 0.338 e. The maximum atomic E-state index is 12.9. The molecule has 1 aliphatic carbocycles. The first-order chi connectivity index (χ1) is 14.3. The molecule has 2 unspecified atom stereocenters. The molecule has 3 heterocycles. The summed E-state index contributed by atoms with van der Waals surface area (Å²) in [5.41, 5.74) is 0. The average molecular weight is 440 g/mol. The van der Waals surface area contributed by atoms with Crippen molar-refractivity contribution < 1.29 is 22.8 Å². The molecule has 10 nitrogen and oxygen atoms in total. The molecule has 3 fully saturated rings.